The largest absolute Gasteiger partial charge is 0.486 e. The van der Waals surface area contributed by atoms with Crippen molar-refractivity contribution in [2.24, 2.45) is 0 Å². The number of anilines is 1. The van der Waals surface area contributed by atoms with E-state index in [0.717, 1.165) is 11.8 Å². The van der Waals surface area contributed by atoms with E-state index in [9.17, 15) is 19.3 Å². The van der Waals surface area contributed by atoms with Gasteiger partial charge in [-0.15, -0.1) is 16.8 Å². The number of allylic oxidation sites excluding steroid dienone is 1. The van der Waals surface area contributed by atoms with E-state index in [1.807, 2.05) is 0 Å². The van der Waals surface area contributed by atoms with Gasteiger partial charge in [-0.2, -0.15) is 0 Å². The number of halogens is 2. The molecule has 9 nitrogen and oxygen atoms in total. The van der Waals surface area contributed by atoms with Gasteiger partial charge < -0.3 is 10.1 Å². The smallest absolute Gasteiger partial charge is 0.271 e. The number of nitrogens with one attached hydrogen (secondary N) is 1. The zero-order chi connectivity index (χ0) is 23.1. The predicted molar refractivity (Wildman–Crippen MR) is 118 cm³/mol. The monoisotopic (exact) mass is 477 g/mol. The molecule has 0 radical (unpaired) electrons. The fourth-order valence-electron chi connectivity index (χ4n) is 2.56. The number of aromatic nitrogens is 3. The number of carbonyl (C=O) groups is 1. The van der Waals surface area contributed by atoms with E-state index in [1.165, 1.54) is 42.5 Å². The number of hydrogen-bond donors (Lipinski definition) is 1. The number of amides is 1. The molecule has 3 aromatic rings. The van der Waals surface area contributed by atoms with E-state index in [2.05, 4.69) is 22.1 Å². The maximum Gasteiger partial charge on any atom is 0.271 e. The summed E-state index contributed by atoms with van der Waals surface area (Å²) in [5, 5.41) is 22.3. The molecule has 1 N–H and O–H groups in total. The zero-order valence-corrected chi connectivity index (χ0v) is 18.1. The highest BCUT2D eigenvalue weighted by atomic mass is 35.5. The van der Waals surface area contributed by atoms with Crippen molar-refractivity contribution in [3.05, 3.63) is 81.9 Å². The first-order valence-corrected chi connectivity index (χ1v) is 10.5. The number of thioether (sulfide) groups is 1. The van der Waals surface area contributed by atoms with Crippen LogP contribution in [0, 0.1) is 15.9 Å². The molecule has 3 rings (SSSR count). The van der Waals surface area contributed by atoms with Gasteiger partial charge in [0.25, 0.3) is 5.69 Å². The molecule has 2 aromatic carbocycles. The quantitative estimate of drug-likeness (QED) is 0.198. The van der Waals surface area contributed by atoms with Gasteiger partial charge in [0.05, 0.1) is 21.4 Å². The van der Waals surface area contributed by atoms with Gasteiger partial charge in [-0.05, 0) is 30.3 Å². The summed E-state index contributed by atoms with van der Waals surface area (Å²) >= 11 is 7.13. The van der Waals surface area contributed by atoms with Gasteiger partial charge in [-0.3, -0.25) is 19.5 Å². The maximum absolute atomic E-state index is 13.0. The van der Waals surface area contributed by atoms with Crippen LogP contribution in [0.2, 0.25) is 5.02 Å². The van der Waals surface area contributed by atoms with Crippen molar-refractivity contribution >= 4 is 40.6 Å². The first-order valence-electron chi connectivity index (χ1n) is 9.15. The van der Waals surface area contributed by atoms with E-state index < -0.39 is 10.8 Å². The van der Waals surface area contributed by atoms with E-state index in [0.29, 0.717) is 23.3 Å². The van der Waals surface area contributed by atoms with Crippen molar-refractivity contribution < 1.29 is 18.8 Å². The van der Waals surface area contributed by atoms with E-state index in [-0.39, 0.29) is 34.6 Å². The summed E-state index contributed by atoms with van der Waals surface area (Å²) < 4.78 is 20.4. The Hall–Kier alpha value is -3.44. The number of nitro benzene ring substituents is 1. The number of nitro groups is 1. The first kappa shape index (κ1) is 23.2. The minimum absolute atomic E-state index is 0.0346. The highest BCUT2D eigenvalue weighted by molar-refractivity contribution is 7.99. The summed E-state index contributed by atoms with van der Waals surface area (Å²) in [7, 11) is 0. The number of benzene rings is 2. The fourth-order valence-corrected chi connectivity index (χ4v) is 3.49. The fraction of sp³-hybridized carbons (Fsp3) is 0.150. The van der Waals surface area contributed by atoms with Crippen LogP contribution in [0.15, 0.2) is 60.3 Å². The summed E-state index contributed by atoms with van der Waals surface area (Å²) in [5.74, 6) is 0.152. The van der Waals surface area contributed by atoms with Crippen LogP contribution in [0.25, 0.3) is 0 Å². The van der Waals surface area contributed by atoms with Crippen molar-refractivity contribution in [1.29, 1.82) is 0 Å². The highest BCUT2D eigenvalue weighted by Crippen LogP contribution is 2.27. The van der Waals surface area contributed by atoms with Crippen LogP contribution in [0.1, 0.15) is 5.82 Å². The molecular formula is C20H17ClFN5O4S. The topological polar surface area (TPSA) is 112 Å². The molecule has 0 atom stereocenters. The van der Waals surface area contributed by atoms with E-state index >= 15 is 0 Å². The molecule has 1 aromatic heterocycles. The van der Waals surface area contributed by atoms with Crippen LogP contribution in [0.4, 0.5) is 15.8 Å². The van der Waals surface area contributed by atoms with Gasteiger partial charge in [0.1, 0.15) is 18.2 Å². The van der Waals surface area contributed by atoms with Gasteiger partial charge >= 0.3 is 0 Å². The summed E-state index contributed by atoms with van der Waals surface area (Å²) in [4.78, 5) is 22.7. The lowest BCUT2D eigenvalue weighted by molar-refractivity contribution is -0.384. The molecule has 0 aliphatic carbocycles. The second-order valence-electron chi connectivity index (χ2n) is 6.30. The van der Waals surface area contributed by atoms with Crippen molar-refractivity contribution in [1.82, 2.24) is 14.8 Å². The summed E-state index contributed by atoms with van der Waals surface area (Å²) in [6, 6.07) is 9.37. The Morgan fingerprint density at radius 3 is 2.75 bits per heavy atom. The Bertz CT molecular complexity index is 1140. The molecule has 1 heterocycles. The third kappa shape index (κ3) is 6.05. The number of non-ortho nitro benzene ring substituents is 1. The van der Waals surface area contributed by atoms with Crippen LogP contribution in [0.3, 0.4) is 0 Å². The lowest BCUT2D eigenvalue weighted by Crippen LogP contribution is -2.15. The lowest BCUT2D eigenvalue weighted by Gasteiger charge is -2.10. The molecule has 0 unspecified atom stereocenters. The van der Waals surface area contributed by atoms with Crippen LogP contribution in [-0.2, 0) is 17.9 Å². The molecule has 32 heavy (non-hydrogen) atoms. The molecule has 0 bridgehead atoms. The van der Waals surface area contributed by atoms with Gasteiger partial charge in [0.2, 0.25) is 5.91 Å². The van der Waals surface area contributed by atoms with Crippen LogP contribution in [-0.4, -0.2) is 31.3 Å². The normalized spacial score (nSPS) is 10.6. The standard InChI is InChI=1S/C20H17ClFN5O4S/c1-2-9-26-18(11-31-15-6-3-13(22)4-7-15)24-25-20(26)32-12-19(28)23-17-10-14(27(29)30)5-8-16(17)21/h2-8,10H,1,9,11-12H2,(H,23,28). The molecule has 0 fully saturated rings. The van der Waals surface area contributed by atoms with Crippen LogP contribution < -0.4 is 10.1 Å². The Morgan fingerprint density at radius 1 is 1.31 bits per heavy atom. The number of hydrogen-bond acceptors (Lipinski definition) is 7. The minimum atomic E-state index is -0.575. The Balaban J connectivity index is 1.63. The second kappa shape index (κ2) is 10.7. The molecule has 12 heteroatoms. The third-order valence-electron chi connectivity index (χ3n) is 4.05. The molecule has 1 amide bonds. The molecule has 0 aliphatic rings. The Morgan fingerprint density at radius 2 is 2.06 bits per heavy atom. The SMILES string of the molecule is C=CCn1c(COc2ccc(F)cc2)nnc1SCC(=O)Nc1cc([N+](=O)[O-])ccc1Cl. The van der Waals surface area contributed by atoms with Gasteiger partial charge in [-0.1, -0.05) is 29.4 Å². The van der Waals surface area contributed by atoms with Crippen LogP contribution >= 0.6 is 23.4 Å². The van der Waals surface area contributed by atoms with Crippen LogP contribution in [0.5, 0.6) is 5.75 Å². The summed E-state index contributed by atoms with van der Waals surface area (Å²) in [6.45, 7) is 4.18. The molecule has 0 saturated carbocycles. The van der Waals surface area contributed by atoms with E-state index in [1.54, 1.807) is 10.6 Å². The molecule has 0 spiro atoms. The molecular weight excluding hydrogens is 461 g/mol. The summed E-state index contributed by atoms with van der Waals surface area (Å²) in [5.41, 5.74) is -0.0405. The van der Waals surface area contributed by atoms with E-state index in [4.69, 9.17) is 16.3 Å². The molecule has 0 saturated heterocycles. The zero-order valence-electron chi connectivity index (χ0n) is 16.5. The molecule has 166 valence electrons. The second-order valence-corrected chi connectivity index (χ2v) is 7.65. The predicted octanol–water partition coefficient (Wildman–Crippen LogP) is 4.47. The minimum Gasteiger partial charge on any atom is -0.486 e. The average Bonchev–Trinajstić information content (AvgIpc) is 3.15. The number of rotatable bonds is 10. The van der Waals surface area contributed by atoms with Crippen molar-refractivity contribution in [2.45, 2.75) is 18.3 Å². The Kier molecular flexibility index (Phi) is 7.79. The highest BCUT2D eigenvalue weighted by Gasteiger charge is 2.16. The maximum atomic E-state index is 13.0. The van der Waals surface area contributed by atoms with Gasteiger partial charge in [-0.25, -0.2) is 4.39 Å². The third-order valence-corrected chi connectivity index (χ3v) is 5.35. The van der Waals surface area contributed by atoms with Gasteiger partial charge in [0, 0.05) is 18.7 Å². The number of nitrogens with zero attached hydrogens (tertiary/aromatic N) is 4. The van der Waals surface area contributed by atoms with Gasteiger partial charge in [0.15, 0.2) is 11.0 Å². The average molecular weight is 478 g/mol. The Labute approximate surface area is 191 Å². The van der Waals surface area contributed by atoms with Crippen molar-refractivity contribution in [2.75, 3.05) is 11.1 Å². The molecule has 0 aliphatic heterocycles. The summed E-state index contributed by atoms with van der Waals surface area (Å²) in [6.07, 6.45) is 1.65. The van der Waals surface area contributed by atoms with Crippen molar-refractivity contribution in [3.8, 4) is 5.75 Å². The number of ether oxygens (including phenoxy) is 1. The number of carbonyl (C=O) groups excluding carboxylic acids is 1. The first-order chi connectivity index (χ1) is 15.4. The lowest BCUT2D eigenvalue weighted by atomic mass is 10.3. The van der Waals surface area contributed by atoms with Crippen molar-refractivity contribution in [3.63, 3.8) is 0 Å².